The van der Waals surface area contributed by atoms with Crippen LogP contribution in [-0.2, 0) is 6.54 Å². The summed E-state index contributed by atoms with van der Waals surface area (Å²) in [5.74, 6) is 1.37. The minimum atomic E-state index is 0.0745. The minimum Gasteiger partial charge on any atom is -0.474 e. The van der Waals surface area contributed by atoms with E-state index in [1.807, 2.05) is 19.9 Å². The molecular formula is C18H22N6O2. The van der Waals surface area contributed by atoms with Crippen molar-refractivity contribution < 1.29 is 9.26 Å². The van der Waals surface area contributed by atoms with Gasteiger partial charge in [-0.1, -0.05) is 5.16 Å². The topological polar surface area (TPSA) is 80.4 Å². The van der Waals surface area contributed by atoms with Crippen LogP contribution in [0.5, 0.6) is 5.88 Å². The monoisotopic (exact) mass is 354 g/mol. The summed E-state index contributed by atoms with van der Waals surface area (Å²) in [5.41, 5.74) is 2.07. The molecule has 3 aromatic rings. The fraction of sp³-hybridized carbons (Fsp3) is 0.444. The number of piperazine rings is 1. The zero-order valence-electron chi connectivity index (χ0n) is 15.0. The molecule has 26 heavy (non-hydrogen) atoms. The van der Waals surface area contributed by atoms with Crippen LogP contribution < -0.4 is 9.64 Å². The van der Waals surface area contributed by atoms with Gasteiger partial charge in [-0.25, -0.2) is 9.97 Å². The van der Waals surface area contributed by atoms with E-state index < -0.39 is 0 Å². The number of nitrogens with zero attached hydrogens (tertiary/aromatic N) is 6. The van der Waals surface area contributed by atoms with Crippen LogP contribution in [0.25, 0.3) is 10.9 Å². The molecule has 1 fully saturated rings. The quantitative estimate of drug-likeness (QED) is 0.689. The van der Waals surface area contributed by atoms with Gasteiger partial charge >= 0.3 is 0 Å². The average molecular weight is 354 g/mol. The normalized spacial score (nSPS) is 15.7. The molecule has 1 aromatic carbocycles. The summed E-state index contributed by atoms with van der Waals surface area (Å²) in [5, 5.41) is 4.84. The lowest BCUT2D eigenvalue weighted by Crippen LogP contribution is -2.46. The van der Waals surface area contributed by atoms with Crippen molar-refractivity contribution in [1.29, 1.82) is 0 Å². The highest BCUT2D eigenvalue weighted by Gasteiger charge is 2.19. The van der Waals surface area contributed by atoms with E-state index >= 15 is 0 Å². The van der Waals surface area contributed by atoms with Crippen LogP contribution in [0.15, 0.2) is 35.4 Å². The molecule has 0 radical (unpaired) electrons. The van der Waals surface area contributed by atoms with Crippen LogP contribution in [0.4, 0.5) is 5.69 Å². The van der Waals surface area contributed by atoms with Crippen molar-refractivity contribution in [3.63, 3.8) is 0 Å². The maximum atomic E-state index is 5.84. The molecule has 136 valence electrons. The highest BCUT2D eigenvalue weighted by molar-refractivity contribution is 5.86. The van der Waals surface area contributed by atoms with Crippen LogP contribution >= 0.6 is 0 Å². The Morgan fingerprint density at radius 2 is 1.96 bits per heavy atom. The van der Waals surface area contributed by atoms with Crippen molar-refractivity contribution in [3.8, 4) is 5.88 Å². The Hall–Kier alpha value is -2.74. The Morgan fingerprint density at radius 1 is 1.12 bits per heavy atom. The van der Waals surface area contributed by atoms with E-state index in [1.165, 1.54) is 12.1 Å². The van der Waals surface area contributed by atoms with Crippen LogP contribution in [0, 0.1) is 0 Å². The molecule has 3 heterocycles. The molecule has 0 amide bonds. The van der Waals surface area contributed by atoms with E-state index in [0.29, 0.717) is 5.88 Å². The van der Waals surface area contributed by atoms with Crippen molar-refractivity contribution in [2.24, 2.45) is 0 Å². The lowest BCUT2D eigenvalue weighted by atomic mass is 10.2. The van der Waals surface area contributed by atoms with Crippen molar-refractivity contribution in [2.75, 3.05) is 31.1 Å². The third kappa shape index (κ3) is 3.60. The van der Waals surface area contributed by atoms with Crippen LogP contribution in [0.3, 0.4) is 0 Å². The van der Waals surface area contributed by atoms with E-state index in [9.17, 15) is 0 Å². The zero-order chi connectivity index (χ0) is 17.9. The summed E-state index contributed by atoms with van der Waals surface area (Å²) in [7, 11) is 0. The van der Waals surface area contributed by atoms with Gasteiger partial charge in [0.2, 0.25) is 12.3 Å². The van der Waals surface area contributed by atoms with E-state index in [0.717, 1.165) is 49.5 Å². The molecule has 0 atom stereocenters. The fourth-order valence-corrected chi connectivity index (χ4v) is 3.16. The second-order valence-electron chi connectivity index (χ2n) is 6.66. The molecule has 2 aromatic heterocycles. The third-order valence-electron chi connectivity index (χ3n) is 4.44. The van der Waals surface area contributed by atoms with Crippen LogP contribution in [-0.4, -0.2) is 57.3 Å². The van der Waals surface area contributed by atoms with Crippen LogP contribution in [0.2, 0.25) is 0 Å². The number of aromatic nitrogens is 4. The minimum absolute atomic E-state index is 0.0745. The van der Waals surface area contributed by atoms with E-state index in [1.54, 1.807) is 6.33 Å². The molecule has 1 aliphatic heterocycles. The van der Waals surface area contributed by atoms with Gasteiger partial charge in [0.25, 0.3) is 0 Å². The van der Waals surface area contributed by atoms with Crippen molar-refractivity contribution in [1.82, 2.24) is 25.0 Å². The van der Waals surface area contributed by atoms with Crippen molar-refractivity contribution >= 4 is 16.6 Å². The zero-order valence-corrected chi connectivity index (χ0v) is 15.0. The first kappa shape index (κ1) is 16.7. The molecule has 1 saturated heterocycles. The lowest BCUT2D eigenvalue weighted by Gasteiger charge is -2.35. The van der Waals surface area contributed by atoms with Gasteiger partial charge in [0.05, 0.1) is 23.6 Å². The molecule has 0 saturated carbocycles. The molecule has 0 spiro atoms. The van der Waals surface area contributed by atoms with Crippen molar-refractivity contribution in [2.45, 2.75) is 26.5 Å². The first-order valence-electron chi connectivity index (χ1n) is 8.83. The van der Waals surface area contributed by atoms with Gasteiger partial charge in [-0.15, -0.1) is 0 Å². The van der Waals surface area contributed by atoms with Crippen LogP contribution in [0.1, 0.15) is 19.7 Å². The second kappa shape index (κ2) is 7.25. The number of fused-ring (bicyclic) bond motifs is 1. The predicted octanol–water partition coefficient (Wildman–Crippen LogP) is 2.12. The summed E-state index contributed by atoms with van der Waals surface area (Å²) in [6.45, 7) is 8.51. The Bertz CT molecular complexity index is 859. The van der Waals surface area contributed by atoms with Gasteiger partial charge in [-0.2, -0.15) is 4.98 Å². The van der Waals surface area contributed by atoms with Gasteiger partial charge in [-0.05, 0) is 32.0 Å². The molecule has 8 nitrogen and oxygen atoms in total. The highest BCUT2D eigenvalue weighted by atomic mass is 16.5. The maximum absolute atomic E-state index is 5.84. The van der Waals surface area contributed by atoms with Gasteiger partial charge in [-0.3, -0.25) is 4.90 Å². The van der Waals surface area contributed by atoms with Crippen molar-refractivity contribution in [3.05, 3.63) is 36.7 Å². The summed E-state index contributed by atoms with van der Waals surface area (Å²) in [6.07, 6.45) is 3.00. The van der Waals surface area contributed by atoms with E-state index in [4.69, 9.17) is 9.26 Å². The number of hydrogen-bond donors (Lipinski definition) is 0. The Morgan fingerprint density at radius 3 is 2.69 bits per heavy atom. The predicted molar refractivity (Wildman–Crippen MR) is 97.1 cm³/mol. The number of benzene rings is 1. The number of ether oxygens (including phenoxy) is 1. The Balaban J connectivity index is 1.48. The average Bonchev–Trinajstić information content (AvgIpc) is 3.15. The van der Waals surface area contributed by atoms with Gasteiger partial charge < -0.3 is 14.2 Å². The fourth-order valence-electron chi connectivity index (χ4n) is 3.16. The molecular weight excluding hydrogens is 332 g/mol. The highest BCUT2D eigenvalue weighted by Crippen LogP contribution is 2.28. The number of anilines is 1. The molecule has 1 aliphatic rings. The standard InChI is InChI=1S/C18H22N6O2/c1-13(2)26-18-15-9-14(3-4-16(15)19-11-20-18)24-7-5-23(6-8-24)10-17-21-12-25-22-17/h3-4,9,11-13H,5-8,10H2,1-2H3. The largest absolute Gasteiger partial charge is 0.474 e. The molecule has 0 unspecified atom stereocenters. The van der Waals surface area contributed by atoms with E-state index in [-0.39, 0.29) is 6.10 Å². The molecule has 0 bridgehead atoms. The number of rotatable bonds is 5. The van der Waals surface area contributed by atoms with Gasteiger partial charge in [0, 0.05) is 31.9 Å². The SMILES string of the molecule is CC(C)Oc1ncnc2ccc(N3CCN(Cc4ncon4)CC3)cc12. The molecule has 0 aliphatic carbocycles. The van der Waals surface area contributed by atoms with Gasteiger partial charge in [0.1, 0.15) is 6.33 Å². The molecule has 4 rings (SSSR count). The lowest BCUT2D eigenvalue weighted by molar-refractivity contribution is 0.235. The Kier molecular flexibility index (Phi) is 4.66. The Labute approximate surface area is 151 Å². The summed E-state index contributed by atoms with van der Waals surface area (Å²) in [4.78, 5) is 17.5. The maximum Gasteiger partial charge on any atom is 0.224 e. The number of hydrogen-bond acceptors (Lipinski definition) is 8. The summed E-state index contributed by atoms with van der Waals surface area (Å²) >= 11 is 0. The molecule has 0 N–H and O–H groups in total. The smallest absolute Gasteiger partial charge is 0.224 e. The van der Waals surface area contributed by atoms with Gasteiger partial charge in [0.15, 0.2) is 5.82 Å². The first-order valence-corrected chi connectivity index (χ1v) is 8.83. The summed E-state index contributed by atoms with van der Waals surface area (Å²) < 4.78 is 10.6. The van der Waals surface area contributed by atoms with E-state index in [2.05, 4.69) is 42.0 Å². The third-order valence-corrected chi connectivity index (χ3v) is 4.44. The first-order chi connectivity index (χ1) is 12.7. The molecule has 8 heteroatoms. The second-order valence-corrected chi connectivity index (χ2v) is 6.66. The summed E-state index contributed by atoms with van der Waals surface area (Å²) in [6, 6.07) is 6.27.